The van der Waals surface area contributed by atoms with Gasteiger partial charge in [0.05, 0.1) is 11.7 Å². The van der Waals surface area contributed by atoms with E-state index in [0.29, 0.717) is 12.6 Å². The van der Waals surface area contributed by atoms with E-state index in [9.17, 15) is 4.79 Å². The van der Waals surface area contributed by atoms with Crippen LogP contribution in [0.2, 0.25) is 0 Å². The molecular formula is C14H25N3O2. The number of nitrogens with zero attached hydrogens (tertiary/aromatic N) is 2. The molecule has 5 nitrogen and oxygen atoms in total. The number of carboxylic acids is 1. The summed E-state index contributed by atoms with van der Waals surface area (Å²) in [6, 6.07) is 1.84. The van der Waals surface area contributed by atoms with Gasteiger partial charge < -0.3 is 5.11 Å². The van der Waals surface area contributed by atoms with Crippen LogP contribution >= 0.6 is 0 Å². The second-order valence-corrected chi connectivity index (χ2v) is 5.20. The maximum atomic E-state index is 11.1. The molecule has 1 rings (SSSR count). The Hall–Kier alpha value is -1.36. The monoisotopic (exact) mass is 267 g/mol. The van der Waals surface area contributed by atoms with Gasteiger partial charge in [-0.3, -0.25) is 14.8 Å². The van der Waals surface area contributed by atoms with Crippen molar-refractivity contribution in [1.29, 1.82) is 0 Å². The zero-order valence-electron chi connectivity index (χ0n) is 12.3. The molecule has 1 atom stereocenters. The Labute approximate surface area is 115 Å². The van der Waals surface area contributed by atoms with E-state index in [0.717, 1.165) is 18.5 Å². The van der Waals surface area contributed by atoms with E-state index in [4.69, 9.17) is 5.11 Å². The Morgan fingerprint density at radius 3 is 2.53 bits per heavy atom. The van der Waals surface area contributed by atoms with E-state index in [2.05, 4.69) is 24.3 Å². The highest BCUT2D eigenvalue weighted by Crippen LogP contribution is 2.14. The van der Waals surface area contributed by atoms with Crippen LogP contribution in [0.15, 0.2) is 12.3 Å². The molecule has 19 heavy (non-hydrogen) atoms. The van der Waals surface area contributed by atoms with E-state index in [-0.39, 0.29) is 5.92 Å². The van der Waals surface area contributed by atoms with Gasteiger partial charge >= 0.3 is 5.97 Å². The molecular weight excluding hydrogens is 242 g/mol. The first kappa shape index (κ1) is 15.7. The Morgan fingerprint density at radius 2 is 2.05 bits per heavy atom. The number of carboxylic acid groups (broad SMARTS) is 1. The first-order chi connectivity index (χ1) is 8.99. The summed E-state index contributed by atoms with van der Waals surface area (Å²) in [6.07, 6.45) is 4.07. The van der Waals surface area contributed by atoms with Crippen LogP contribution in [0.1, 0.15) is 52.3 Å². The molecule has 0 aliphatic rings. The third kappa shape index (κ3) is 4.35. The average Bonchev–Trinajstić information content (AvgIpc) is 2.79. The van der Waals surface area contributed by atoms with Crippen molar-refractivity contribution in [3.8, 4) is 0 Å². The highest BCUT2D eigenvalue weighted by atomic mass is 16.4. The van der Waals surface area contributed by atoms with E-state index >= 15 is 0 Å². The predicted molar refractivity (Wildman–Crippen MR) is 74.9 cm³/mol. The fourth-order valence-electron chi connectivity index (χ4n) is 2.16. The van der Waals surface area contributed by atoms with Crippen molar-refractivity contribution in [1.82, 2.24) is 15.1 Å². The maximum Gasteiger partial charge on any atom is 0.320 e. The van der Waals surface area contributed by atoms with Crippen molar-refractivity contribution in [2.75, 3.05) is 0 Å². The Bertz CT molecular complexity index is 397. The molecule has 1 heterocycles. The van der Waals surface area contributed by atoms with Crippen molar-refractivity contribution in [2.45, 2.75) is 59.2 Å². The molecule has 0 saturated heterocycles. The second-order valence-electron chi connectivity index (χ2n) is 5.20. The lowest BCUT2D eigenvalue weighted by molar-refractivity contribution is -0.140. The van der Waals surface area contributed by atoms with Crippen LogP contribution in [-0.2, 0) is 11.3 Å². The molecule has 0 aliphatic carbocycles. The number of hydrogen-bond acceptors (Lipinski definition) is 3. The normalized spacial score (nSPS) is 13.2. The molecule has 0 aliphatic heterocycles. The Kier molecular flexibility index (Phi) is 6.02. The number of carbonyl (C=O) groups is 1. The average molecular weight is 267 g/mol. The summed E-state index contributed by atoms with van der Waals surface area (Å²) in [5, 5.41) is 16.7. The highest BCUT2D eigenvalue weighted by molar-refractivity contribution is 5.73. The van der Waals surface area contributed by atoms with Gasteiger partial charge in [0.15, 0.2) is 0 Å². The molecule has 0 fully saturated rings. The van der Waals surface area contributed by atoms with Crippen LogP contribution in [0.4, 0.5) is 0 Å². The summed E-state index contributed by atoms with van der Waals surface area (Å²) in [4.78, 5) is 11.1. The first-order valence-corrected chi connectivity index (χ1v) is 6.99. The molecule has 1 aromatic rings. The smallest absolute Gasteiger partial charge is 0.320 e. The number of nitrogens with one attached hydrogen (secondary N) is 1. The van der Waals surface area contributed by atoms with Crippen LogP contribution in [-0.4, -0.2) is 26.9 Å². The minimum atomic E-state index is -0.811. The fourth-order valence-corrected chi connectivity index (χ4v) is 2.16. The maximum absolute atomic E-state index is 11.1. The summed E-state index contributed by atoms with van der Waals surface area (Å²) < 4.78 is 1.97. The third-order valence-corrected chi connectivity index (χ3v) is 3.42. The largest absolute Gasteiger partial charge is 0.480 e. The minimum absolute atomic E-state index is 0.0543. The molecule has 0 radical (unpaired) electrons. The summed E-state index contributed by atoms with van der Waals surface area (Å²) in [6.45, 7) is 8.57. The van der Waals surface area contributed by atoms with E-state index in [1.807, 2.05) is 30.8 Å². The van der Waals surface area contributed by atoms with Gasteiger partial charge in [-0.2, -0.15) is 5.10 Å². The molecule has 1 unspecified atom stereocenters. The lowest BCUT2D eigenvalue weighted by Crippen LogP contribution is -2.40. The van der Waals surface area contributed by atoms with Crippen molar-refractivity contribution >= 4 is 5.97 Å². The van der Waals surface area contributed by atoms with Gasteiger partial charge in [0.25, 0.3) is 0 Å². The van der Waals surface area contributed by atoms with Crippen LogP contribution < -0.4 is 5.32 Å². The highest BCUT2D eigenvalue weighted by Gasteiger charge is 2.20. The van der Waals surface area contributed by atoms with Gasteiger partial charge in [-0.15, -0.1) is 0 Å². The molecule has 0 aromatic carbocycles. The van der Waals surface area contributed by atoms with Gasteiger partial charge in [-0.05, 0) is 24.8 Å². The predicted octanol–water partition coefficient (Wildman–Crippen LogP) is 2.44. The van der Waals surface area contributed by atoms with Gasteiger partial charge in [-0.1, -0.05) is 27.7 Å². The SMILES string of the molecule is CCC(CC)n1ccc(CNC(C(=O)O)C(C)C)n1. The molecule has 0 saturated carbocycles. The van der Waals surface area contributed by atoms with Crippen molar-refractivity contribution in [2.24, 2.45) is 5.92 Å². The standard InChI is InChI=1S/C14H25N3O2/c1-5-12(6-2)17-8-7-11(16-17)9-15-13(10(3)4)14(18)19/h7-8,10,12-13,15H,5-6,9H2,1-4H3,(H,18,19). The third-order valence-electron chi connectivity index (χ3n) is 3.42. The van der Waals surface area contributed by atoms with Crippen molar-refractivity contribution in [3.05, 3.63) is 18.0 Å². The molecule has 108 valence electrons. The van der Waals surface area contributed by atoms with Crippen molar-refractivity contribution < 1.29 is 9.90 Å². The zero-order chi connectivity index (χ0) is 14.4. The minimum Gasteiger partial charge on any atom is -0.480 e. The molecule has 0 spiro atoms. The Morgan fingerprint density at radius 1 is 1.42 bits per heavy atom. The number of aromatic nitrogens is 2. The van der Waals surface area contributed by atoms with Gasteiger partial charge in [-0.25, -0.2) is 0 Å². The van der Waals surface area contributed by atoms with E-state index in [1.165, 1.54) is 0 Å². The van der Waals surface area contributed by atoms with Crippen molar-refractivity contribution in [3.63, 3.8) is 0 Å². The van der Waals surface area contributed by atoms with Crippen LogP contribution in [0.5, 0.6) is 0 Å². The Balaban J connectivity index is 2.61. The number of aliphatic carboxylic acids is 1. The molecule has 0 amide bonds. The number of hydrogen-bond donors (Lipinski definition) is 2. The van der Waals surface area contributed by atoms with E-state index < -0.39 is 12.0 Å². The fraction of sp³-hybridized carbons (Fsp3) is 0.714. The summed E-state index contributed by atoms with van der Waals surface area (Å²) in [5.41, 5.74) is 0.888. The molecule has 0 bridgehead atoms. The zero-order valence-corrected chi connectivity index (χ0v) is 12.3. The van der Waals surface area contributed by atoms with Gasteiger partial charge in [0, 0.05) is 12.7 Å². The molecule has 1 aromatic heterocycles. The summed E-state index contributed by atoms with van der Waals surface area (Å²) in [5.74, 6) is -0.756. The van der Waals surface area contributed by atoms with Gasteiger partial charge in [0.2, 0.25) is 0 Å². The molecule has 2 N–H and O–H groups in total. The first-order valence-electron chi connectivity index (χ1n) is 6.99. The van der Waals surface area contributed by atoms with Crippen LogP contribution in [0, 0.1) is 5.92 Å². The number of rotatable bonds is 8. The van der Waals surface area contributed by atoms with Gasteiger partial charge in [0.1, 0.15) is 6.04 Å². The lowest BCUT2D eigenvalue weighted by Gasteiger charge is -2.17. The van der Waals surface area contributed by atoms with Crippen LogP contribution in [0.25, 0.3) is 0 Å². The quantitative estimate of drug-likeness (QED) is 0.759. The molecule has 5 heteroatoms. The summed E-state index contributed by atoms with van der Waals surface area (Å²) >= 11 is 0. The topological polar surface area (TPSA) is 67.2 Å². The summed E-state index contributed by atoms with van der Waals surface area (Å²) in [7, 11) is 0. The lowest BCUT2D eigenvalue weighted by atomic mass is 10.0. The van der Waals surface area contributed by atoms with Crippen LogP contribution in [0.3, 0.4) is 0 Å². The second kappa shape index (κ2) is 7.28. The van der Waals surface area contributed by atoms with E-state index in [1.54, 1.807) is 0 Å².